The number of Topliss-reactive ketones (excluding diaryl/α,β-unsaturated/α-hetero) is 3. The maximum absolute atomic E-state index is 14.4. The van der Waals surface area contributed by atoms with Crippen LogP contribution in [0.15, 0.2) is 47.6 Å². The van der Waals surface area contributed by atoms with Gasteiger partial charge in [-0.25, -0.2) is 4.79 Å². The number of fused-ring (bicyclic) bond motifs is 3. The number of carbonyl (C=O) groups excluding carboxylic acids is 5. The summed E-state index contributed by atoms with van der Waals surface area (Å²) in [6.45, 7) is 12.6. The van der Waals surface area contributed by atoms with Gasteiger partial charge >= 0.3 is 5.97 Å². The third-order valence-corrected chi connectivity index (χ3v) is 14.7. The van der Waals surface area contributed by atoms with E-state index in [9.17, 15) is 40.7 Å². The van der Waals surface area contributed by atoms with Crippen molar-refractivity contribution in [3.8, 4) is 0 Å². The highest BCUT2D eigenvalue weighted by Crippen LogP contribution is 2.38. The lowest BCUT2D eigenvalue weighted by Crippen LogP contribution is -2.61. The molecule has 2 bridgehead atoms. The summed E-state index contributed by atoms with van der Waals surface area (Å²) in [6, 6.07) is -1.24. The van der Waals surface area contributed by atoms with Gasteiger partial charge in [-0.15, -0.1) is 0 Å². The van der Waals surface area contributed by atoms with Crippen LogP contribution in [0.3, 0.4) is 0 Å². The molecular formula is C52H81NO13. The lowest BCUT2D eigenvalue weighted by Gasteiger charge is -2.42. The number of hydrogen-bond acceptors (Lipinski definition) is 13. The fourth-order valence-corrected chi connectivity index (χ4v) is 9.82. The van der Waals surface area contributed by atoms with Gasteiger partial charge in [0.15, 0.2) is 5.78 Å². The minimum absolute atomic E-state index is 0.00335. The summed E-state index contributed by atoms with van der Waals surface area (Å²) in [4.78, 5) is 72.4. The molecule has 3 aliphatic heterocycles. The number of carbonyl (C=O) groups is 5. The van der Waals surface area contributed by atoms with Crippen LogP contribution in [0.4, 0.5) is 0 Å². The van der Waals surface area contributed by atoms with Gasteiger partial charge < -0.3 is 43.9 Å². The van der Waals surface area contributed by atoms with Crippen molar-refractivity contribution < 1.29 is 69.8 Å². The van der Waals surface area contributed by atoms with Crippen molar-refractivity contribution >= 4 is 29.2 Å². The average Bonchev–Trinajstić information content (AvgIpc) is 3.30. The van der Waals surface area contributed by atoms with Crippen LogP contribution >= 0.6 is 0 Å². The molecule has 0 radical (unpaired) electrons. The van der Waals surface area contributed by atoms with Gasteiger partial charge in [-0.1, -0.05) is 78.0 Å². The van der Waals surface area contributed by atoms with Crippen LogP contribution in [0, 0.1) is 41.4 Å². The zero-order valence-corrected chi connectivity index (χ0v) is 40.8. The number of nitrogens with zero attached hydrogens (tertiary/aromatic N) is 1. The van der Waals surface area contributed by atoms with Crippen molar-refractivity contribution in [1.29, 1.82) is 0 Å². The van der Waals surface area contributed by atoms with Gasteiger partial charge in [-0.2, -0.15) is 0 Å². The Labute approximate surface area is 400 Å². The van der Waals surface area contributed by atoms with Crippen LogP contribution in [-0.2, 0) is 47.7 Å². The molecule has 14 heteroatoms. The van der Waals surface area contributed by atoms with Crippen molar-refractivity contribution in [1.82, 2.24) is 4.90 Å². The van der Waals surface area contributed by atoms with Crippen LogP contribution in [-0.4, -0.2) is 132 Å². The maximum atomic E-state index is 14.4. The number of piperidine rings is 1. The topological polar surface area (TPSA) is 195 Å². The number of ether oxygens (including phenoxy) is 5. The Bertz CT molecular complexity index is 2000. The van der Waals surface area contributed by atoms with Crippen LogP contribution in [0.25, 0.3) is 0 Å². The van der Waals surface area contributed by atoms with E-state index in [2.05, 4.69) is 0 Å². The SMILES string of the molecule is [2H]C([2H])([2H])O[C@H]1C[C@@H]2CC[C@@H](C)[C@@](O)(O2)C(=O)C(=O)N2CCCC[C@H]2C(=O)O[C@H]([C@H](C)C[C@@H]2CC[C@@H](O)[C@H](OC)C2)CC(=O)[C@H](C)/C=C(\C)[C@@H](O)[C@@H](OC)C(=O)[C@H](C)C([2H])(C)[C@]([2H])(C)/C=C/C=CC=C1C. The average molecular weight is 933 g/mol. The lowest BCUT2D eigenvalue weighted by molar-refractivity contribution is -0.265. The molecule has 2 saturated heterocycles. The van der Waals surface area contributed by atoms with Crippen molar-refractivity contribution in [3.05, 3.63) is 47.6 Å². The van der Waals surface area contributed by atoms with Gasteiger partial charge in [-0.05, 0) is 106 Å². The van der Waals surface area contributed by atoms with Gasteiger partial charge in [0.05, 0.1) is 28.5 Å². The number of amides is 1. The number of aliphatic hydroxyl groups is 3. The quantitative estimate of drug-likeness (QED) is 0.150. The smallest absolute Gasteiger partial charge is 0.329 e. The molecule has 4 rings (SSSR count). The summed E-state index contributed by atoms with van der Waals surface area (Å²) < 4.78 is 71.0. The van der Waals surface area contributed by atoms with Crippen molar-refractivity contribution in [2.24, 2.45) is 41.4 Å². The molecule has 66 heavy (non-hydrogen) atoms. The molecule has 14 nitrogen and oxygen atoms in total. The van der Waals surface area contributed by atoms with Gasteiger partial charge in [0.1, 0.15) is 30.1 Å². The number of cyclic esters (lactones) is 1. The third kappa shape index (κ3) is 13.9. The molecule has 0 aromatic heterocycles. The van der Waals surface area contributed by atoms with Crippen LogP contribution in [0.2, 0.25) is 0 Å². The predicted molar refractivity (Wildman–Crippen MR) is 250 cm³/mol. The number of aliphatic hydroxyl groups excluding tert-OH is 2. The van der Waals surface area contributed by atoms with Crippen molar-refractivity contribution in [2.45, 2.75) is 181 Å². The monoisotopic (exact) mass is 933 g/mol. The van der Waals surface area contributed by atoms with Crippen LogP contribution < -0.4 is 0 Å². The number of methoxy groups -OCH3 is 3. The summed E-state index contributed by atoms with van der Waals surface area (Å²) in [5.41, 5.74) is 0.672. The predicted octanol–water partition coefficient (Wildman–Crippen LogP) is 6.43. The maximum Gasteiger partial charge on any atom is 0.329 e. The molecule has 1 aliphatic carbocycles. The Morgan fingerprint density at radius 1 is 0.909 bits per heavy atom. The largest absolute Gasteiger partial charge is 0.460 e. The van der Waals surface area contributed by atoms with E-state index < -0.39 is 120 Å². The summed E-state index contributed by atoms with van der Waals surface area (Å²) in [7, 11) is -0.0719. The Kier molecular flexibility index (Phi) is 18.3. The normalized spacial score (nSPS) is 43.4. The lowest BCUT2D eigenvalue weighted by atomic mass is 9.78. The minimum atomic E-state index is -2.86. The highest BCUT2D eigenvalue weighted by Gasteiger charge is 2.53. The van der Waals surface area contributed by atoms with Crippen LogP contribution in [0.5, 0.6) is 0 Å². The van der Waals surface area contributed by atoms with E-state index in [1.807, 2.05) is 6.92 Å². The van der Waals surface area contributed by atoms with Gasteiger partial charge in [0.2, 0.25) is 5.79 Å². The van der Waals surface area contributed by atoms with E-state index in [4.69, 9.17) is 29.2 Å². The van der Waals surface area contributed by atoms with Crippen LogP contribution in [0.1, 0.15) is 133 Å². The molecule has 3 fully saturated rings. The molecule has 16 atom stereocenters. The van der Waals surface area contributed by atoms with Crippen molar-refractivity contribution in [2.75, 3.05) is 27.8 Å². The summed E-state index contributed by atoms with van der Waals surface area (Å²) >= 11 is 0. The Hall–Kier alpha value is -3.37. The first-order valence-corrected chi connectivity index (χ1v) is 23.8. The zero-order valence-electron chi connectivity index (χ0n) is 45.8. The number of esters is 1. The first-order chi connectivity index (χ1) is 33.0. The number of hydrogen-bond donors (Lipinski definition) is 3. The Morgan fingerprint density at radius 2 is 1.64 bits per heavy atom. The zero-order chi connectivity index (χ0) is 53.4. The highest BCUT2D eigenvalue weighted by molar-refractivity contribution is 6.39. The summed E-state index contributed by atoms with van der Waals surface area (Å²) in [5, 5.41) is 34.1. The Balaban J connectivity index is 1.79. The number of ketones is 3. The second-order valence-electron chi connectivity index (χ2n) is 19.4. The second-order valence-corrected chi connectivity index (χ2v) is 19.4. The first kappa shape index (κ1) is 47.7. The third-order valence-electron chi connectivity index (χ3n) is 14.7. The van der Waals surface area contributed by atoms with E-state index in [0.29, 0.717) is 44.1 Å². The van der Waals surface area contributed by atoms with Gasteiger partial charge in [-0.3, -0.25) is 19.2 Å². The fraction of sp³-hybridized carbons (Fsp3) is 0.750. The Morgan fingerprint density at radius 3 is 2.32 bits per heavy atom. The second kappa shape index (κ2) is 25.3. The molecule has 3 heterocycles. The van der Waals surface area contributed by atoms with Gasteiger partial charge in [0, 0.05) is 61.1 Å². The summed E-state index contributed by atoms with van der Waals surface area (Å²) in [6.07, 6.45) is 5.55. The first-order valence-electron chi connectivity index (χ1n) is 26.3. The van der Waals surface area contributed by atoms with Gasteiger partial charge in [0.25, 0.3) is 11.7 Å². The number of allylic oxidation sites excluding steroid dienone is 6. The molecule has 372 valence electrons. The van der Waals surface area contributed by atoms with E-state index in [1.165, 1.54) is 53.2 Å². The van der Waals surface area contributed by atoms with E-state index in [-0.39, 0.29) is 55.9 Å². The molecule has 0 spiro atoms. The molecule has 1 unspecified atom stereocenters. The van der Waals surface area contributed by atoms with E-state index >= 15 is 0 Å². The summed E-state index contributed by atoms with van der Waals surface area (Å²) in [5.74, 6) is -13.6. The van der Waals surface area contributed by atoms with Crippen molar-refractivity contribution in [3.63, 3.8) is 0 Å². The molecule has 0 aromatic rings. The minimum Gasteiger partial charge on any atom is -0.460 e. The van der Waals surface area contributed by atoms with E-state index in [0.717, 1.165) is 4.90 Å². The molecular weight excluding hydrogens is 847 g/mol. The molecule has 3 N–H and O–H groups in total. The molecule has 1 saturated carbocycles. The standard InChI is InChI=1S/C52H81NO13/c1-30-17-13-12-14-18-31(2)43(62-9)28-39-22-20-35(6)52(61,66-39)49(58)50(59)53-24-16-15-19-40(53)51(60)65-44(33(4)26-38-21-23-41(54)45(27-38)63-10)29-42(55)32(3)25-34(5)46(56)48(64-11)47(57)37(8)36(30)7/h12-14,17-18,25,30,32-33,35-41,43-46,48,54,56,61H,15-16,19-24,26-29H2,1-11H3/b14-12?,17-13+,31-18?,34-25+/t30-,32-,33-,35-,36?,37-,38+,39+,40+,41-,43+,44+,45-,46-,48-,52-/m1/s1/i9D3,30D,36D. The fourth-order valence-electron chi connectivity index (χ4n) is 9.82. The molecule has 1 amide bonds. The molecule has 4 aliphatic rings. The van der Waals surface area contributed by atoms with E-state index in [1.54, 1.807) is 45.9 Å². The highest BCUT2D eigenvalue weighted by atomic mass is 16.6. The molecule has 0 aromatic carbocycles. The number of rotatable bonds is 6.